The lowest BCUT2D eigenvalue weighted by atomic mass is 10.2. The van der Waals surface area contributed by atoms with Gasteiger partial charge in [-0.05, 0) is 19.1 Å². The van der Waals surface area contributed by atoms with Crippen LogP contribution >= 0.6 is 0 Å². The van der Waals surface area contributed by atoms with E-state index in [4.69, 9.17) is 15.7 Å². The number of hydrogen-bond acceptors (Lipinski definition) is 3. The highest BCUT2D eigenvalue weighted by atomic mass is 16.5. The van der Waals surface area contributed by atoms with Gasteiger partial charge in [0.15, 0.2) is 0 Å². The average Bonchev–Trinajstić information content (AvgIpc) is 2.21. The van der Waals surface area contributed by atoms with Crippen LogP contribution in [-0.2, 0) is 0 Å². The average molecular weight is 190 g/mol. The lowest BCUT2D eigenvalue weighted by molar-refractivity contribution is 0.306. The molecule has 0 bridgehead atoms. The summed E-state index contributed by atoms with van der Waals surface area (Å²) in [6.45, 7) is 2.51. The summed E-state index contributed by atoms with van der Waals surface area (Å²) in [6, 6.07) is 9.32. The molecule has 0 aliphatic rings. The van der Waals surface area contributed by atoms with Crippen LogP contribution in [0.2, 0.25) is 0 Å². The number of nitriles is 1. The molecule has 3 heteroatoms. The Labute approximate surface area is 84.1 Å². The molecule has 0 saturated carbocycles. The molecule has 1 aromatic rings. The van der Waals surface area contributed by atoms with E-state index in [0.29, 0.717) is 13.0 Å². The first kappa shape index (κ1) is 10.6. The van der Waals surface area contributed by atoms with Crippen molar-refractivity contribution in [2.24, 2.45) is 5.73 Å². The maximum atomic E-state index is 8.44. The summed E-state index contributed by atoms with van der Waals surface area (Å²) >= 11 is 0. The van der Waals surface area contributed by atoms with E-state index in [-0.39, 0.29) is 0 Å². The van der Waals surface area contributed by atoms with Crippen molar-refractivity contribution in [3.63, 3.8) is 0 Å². The van der Waals surface area contributed by atoms with Crippen LogP contribution in [-0.4, -0.2) is 12.6 Å². The van der Waals surface area contributed by atoms with Gasteiger partial charge in [-0.2, -0.15) is 5.26 Å². The van der Waals surface area contributed by atoms with E-state index in [9.17, 15) is 0 Å². The summed E-state index contributed by atoms with van der Waals surface area (Å²) in [6.07, 6.45) is 0.560. The van der Waals surface area contributed by atoms with Crippen molar-refractivity contribution in [3.05, 3.63) is 29.8 Å². The lowest BCUT2D eigenvalue weighted by Gasteiger charge is -2.06. The number of aryl methyl sites for hydroxylation is 1. The van der Waals surface area contributed by atoms with E-state index in [1.54, 1.807) is 0 Å². The van der Waals surface area contributed by atoms with Crippen LogP contribution in [0.15, 0.2) is 24.3 Å². The lowest BCUT2D eigenvalue weighted by Crippen LogP contribution is -2.20. The molecular formula is C11H14N2O. The SMILES string of the molecule is Cc1ccc(OCCC(N)C#N)cc1. The summed E-state index contributed by atoms with van der Waals surface area (Å²) in [7, 11) is 0. The molecule has 74 valence electrons. The number of ether oxygens (including phenoxy) is 1. The van der Waals surface area contributed by atoms with Gasteiger partial charge in [0.2, 0.25) is 0 Å². The molecule has 14 heavy (non-hydrogen) atoms. The largest absolute Gasteiger partial charge is 0.493 e. The zero-order valence-corrected chi connectivity index (χ0v) is 8.23. The molecule has 0 heterocycles. The maximum Gasteiger partial charge on any atom is 0.119 e. The quantitative estimate of drug-likeness (QED) is 0.784. The van der Waals surface area contributed by atoms with Gasteiger partial charge in [-0.15, -0.1) is 0 Å². The maximum absolute atomic E-state index is 8.44. The molecule has 1 atom stereocenters. The Morgan fingerprint density at radius 1 is 1.43 bits per heavy atom. The van der Waals surface area contributed by atoms with Crippen LogP contribution in [0, 0.1) is 18.3 Å². The van der Waals surface area contributed by atoms with Crippen LogP contribution < -0.4 is 10.5 Å². The molecule has 1 unspecified atom stereocenters. The Bertz CT molecular complexity index is 313. The molecule has 0 amide bonds. The van der Waals surface area contributed by atoms with Gasteiger partial charge < -0.3 is 10.5 Å². The van der Waals surface area contributed by atoms with Crippen LogP contribution in [0.5, 0.6) is 5.75 Å². The van der Waals surface area contributed by atoms with Gasteiger partial charge in [0, 0.05) is 6.42 Å². The molecule has 1 aromatic carbocycles. The molecule has 0 aliphatic heterocycles. The van der Waals surface area contributed by atoms with Gasteiger partial charge in [-0.25, -0.2) is 0 Å². The Hall–Kier alpha value is -1.53. The van der Waals surface area contributed by atoms with E-state index < -0.39 is 6.04 Å². The Kier molecular flexibility index (Phi) is 3.96. The highest BCUT2D eigenvalue weighted by molar-refractivity contribution is 5.26. The van der Waals surface area contributed by atoms with E-state index in [0.717, 1.165) is 5.75 Å². The van der Waals surface area contributed by atoms with Gasteiger partial charge in [0.05, 0.1) is 18.7 Å². The molecular weight excluding hydrogens is 176 g/mol. The molecule has 2 N–H and O–H groups in total. The summed E-state index contributed by atoms with van der Waals surface area (Å²) < 4.78 is 5.40. The molecule has 0 saturated heterocycles. The van der Waals surface area contributed by atoms with E-state index >= 15 is 0 Å². The fourth-order valence-corrected chi connectivity index (χ4v) is 1.00. The van der Waals surface area contributed by atoms with Gasteiger partial charge >= 0.3 is 0 Å². The third kappa shape index (κ3) is 3.46. The second-order valence-corrected chi connectivity index (χ2v) is 3.19. The number of hydrogen-bond donors (Lipinski definition) is 1. The highest BCUT2D eigenvalue weighted by Gasteiger charge is 1.99. The van der Waals surface area contributed by atoms with Crippen molar-refractivity contribution in [2.75, 3.05) is 6.61 Å². The third-order valence-electron chi connectivity index (χ3n) is 1.88. The van der Waals surface area contributed by atoms with Gasteiger partial charge in [0.25, 0.3) is 0 Å². The standard InChI is InChI=1S/C11H14N2O/c1-9-2-4-11(5-3-9)14-7-6-10(13)8-12/h2-5,10H,6-7,13H2,1H3. The second kappa shape index (κ2) is 5.25. The number of nitrogens with zero attached hydrogens (tertiary/aromatic N) is 1. The van der Waals surface area contributed by atoms with Gasteiger partial charge in [0.1, 0.15) is 5.75 Å². The topological polar surface area (TPSA) is 59.0 Å². The predicted octanol–water partition coefficient (Wildman–Crippen LogP) is 1.61. The first-order valence-electron chi connectivity index (χ1n) is 4.57. The van der Waals surface area contributed by atoms with Crippen LogP contribution in [0.25, 0.3) is 0 Å². The van der Waals surface area contributed by atoms with E-state index in [2.05, 4.69) is 0 Å². The third-order valence-corrected chi connectivity index (χ3v) is 1.88. The van der Waals surface area contributed by atoms with Crippen LogP contribution in [0.1, 0.15) is 12.0 Å². The van der Waals surface area contributed by atoms with Gasteiger partial charge in [-0.3, -0.25) is 0 Å². The first-order chi connectivity index (χ1) is 6.72. The monoisotopic (exact) mass is 190 g/mol. The van der Waals surface area contributed by atoms with Crippen LogP contribution in [0.4, 0.5) is 0 Å². The first-order valence-corrected chi connectivity index (χ1v) is 4.57. The van der Waals surface area contributed by atoms with Crippen LogP contribution in [0.3, 0.4) is 0 Å². The Morgan fingerprint density at radius 2 is 2.07 bits per heavy atom. The fraction of sp³-hybridized carbons (Fsp3) is 0.364. The fourth-order valence-electron chi connectivity index (χ4n) is 1.00. The molecule has 0 fully saturated rings. The molecule has 1 rings (SSSR count). The Balaban J connectivity index is 2.32. The minimum Gasteiger partial charge on any atom is -0.493 e. The number of rotatable bonds is 4. The predicted molar refractivity (Wildman–Crippen MR) is 54.9 cm³/mol. The van der Waals surface area contributed by atoms with E-state index in [1.807, 2.05) is 37.3 Å². The number of nitrogens with two attached hydrogens (primary N) is 1. The van der Waals surface area contributed by atoms with Crippen molar-refractivity contribution >= 4 is 0 Å². The molecule has 0 radical (unpaired) electrons. The van der Waals surface area contributed by atoms with Crippen molar-refractivity contribution in [3.8, 4) is 11.8 Å². The summed E-state index contributed by atoms with van der Waals surface area (Å²) in [5, 5.41) is 8.44. The summed E-state index contributed by atoms with van der Waals surface area (Å²) in [5.74, 6) is 0.820. The minimum atomic E-state index is -0.430. The van der Waals surface area contributed by atoms with Gasteiger partial charge in [-0.1, -0.05) is 17.7 Å². The molecule has 0 aromatic heterocycles. The molecule has 3 nitrogen and oxygen atoms in total. The van der Waals surface area contributed by atoms with Crippen molar-refractivity contribution in [1.82, 2.24) is 0 Å². The highest BCUT2D eigenvalue weighted by Crippen LogP contribution is 2.11. The van der Waals surface area contributed by atoms with E-state index in [1.165, 1.54) is 5.56 Å². The second-order valence-electron chi connectivity index (χ2n) is 3.19. The zero-order chi connectivity index (χ0) is 10.4. The zero-order valence-electron chi connectivity index (χ0n) is 8.23. The molecule has 0 spiro atoms. The normalized spacial score (nSPS) is 11.8. The van der Waals surface area contributed by atoms with Crippen molar-refractivity contribution in [2.45, 2.75) is 19.4 Å². The van der Waals surface area contributed by atoms with Crippen molar-refractivity contribution in [1.29, 1.82) is 5.26 Å². The molecule has 0 aliphatic carbocycles. The number of benzene rings is 1. The summed E-state index contributed by atoms with van der Waals surface area (Å²) in [4.78, 5) is 0. The minimum absolute atomic E-state index is 0.430. The Morgan fingerprint density at radius 3 is 2.64 bits per heavy atom. The summed E-state index contributed by atoms with van der Waals surface area (Å²) in [5.41, 5.74) is 6.62. The smallest absolute Gasteiger partial charge is 0.119 e. The van der Waals surface area contributed by atoms with Crippen molar-refractivity contribution < 1.29 is 4.74 Å².